The van der Waals surface area contributed by atoms with Gasteiger partial charge in [0, 0.05) is 6.54 Å². The van der Waals surface area contributed by atoms with Crippen molar-refractivity contribution in [3.8, 4) is 0 Å². The molecule has 0 bridgehead atoms. The zero-order valence-corrected chi connectivity index (χ0v) is 35.2. The lowest BCUT2D eigenvalue weighted by atomic mass is 10.1. The number of aromatic amines is 2. The molecule has 5 aromatic rings. The largest absolute Gasteiger partial charge is 0.488 e. The van der Waals surface area contributed by atoms with Crippen molar-refractivity contribution in [3.05, 3.63) is 39.6 Å². The zero-order valence-electron chi connectivity index (χ0n) is 31.6. The van der Waals surface area contributed by atoms with Gasteiger partial charge >= 0.3 is 36.6 Å². The number of hydrogen-bond acceptors (Lipinski definition) is 23. The summed E-state index contributed by atoms with van der Waals surface area (Å²) in [6.07, 6.45) is -9.62. The van der Waals surface area contributed by atoms with E-state index in [9.17, 15) is 67.8 Å². The smallest absolute Gasteiger partial charge is 0.387 e. The minimum absolute atomic E-state index is 0.00536. The Labute approximate surface area is 347 Å². The van der Waals surface area contributed by atoms with Crippen molar-refractivity contribution in [1.29, 1.82) is 0 Å². The number of nitrogens with two attached hydrogens (primary N) is 2. The van der Waals surface area contributed by atoms with Gasteiger partial charge in [0.25, 0.3) is 17.1 Å². The van der Waals surface area contributed by atoms with Crippen LogP contribution in [0.3, 0.4) is 0 Å². The fourth-order valence-corrected chi connectivity index (χ4v) is 11.0. The van der Waals surface area contributed by atoms with Gasteiger partial charge < -0.3 is 60.9 Å². The quantitative estimate of drug-likeness (QED) is 0.0305. The van der Waals surface area contributed by atoms with Crippen LogP contribution in [0.4, 0.5) is 11.9 Å². The van der Waals surface area contributed by atoms with E-state index in [0.717, 1.165) is 15.6 Å². The highest BCUT2D eigenvalue weighted by atomic mass is 31.3. The maximum absolute atomic E-state index is 12.8. The Morgan fingerprint density at radius 3 is 2.25 bits per heavy atom. The molecule has 2 aliphatic rings. The van der Waals surface area contributed by atoms with Crippen molar-refractivity contribution in [1.82, 2.24) is 54.1 Å². The van der Waals surface area contributed by atoms with Crippen molar-refractivity contribution in [2.45, 2.75) is 55.6 Å². The Balaban J connectivity index is 0.881. The number of phosphoric ester groups is 1. The molecule has 0 spiro atoms. The van der Waals surface area contributed by atoms with Gasteiger partial charge in [0.1, 0.15) is 36.6 Å². The van der Waals surface area contributed by atoms with Crippen LogP contribution in [-0.4, -0.2) is 145 Å². The van der Waals surface area contributed by atoms with Gasteiger partial charge in [0.2, 0.25) is 17.7 Å². The molecular weight excluding hydrogens is 940 g/mol. The molecule has 7 rings (SSSR count). The molecule has 12 atom stereocenters. The van der Waals surface area contributed by atoms with E-state index in [1.54, 1.807) is 0 Å². The number of hydrogen-bond donors (Lipinski definition) is 13. The summed E-state index contributed by atoms with van der Waals surface area (Å²) in [5.74, 6) is -0.553. The van der Waals surface area contributed by atoms with Gasteiger partial charge in [-0.05, 0) is 0 Å². The molecule has 0 amide bonds. The summed E-state index contributed by atoms with van der Waals surface area (Å²) in [6, 6.07) is 0. The van der Waals surface area contributed by atoms with Gasteiger partial charge in [0.15, 0.2) is 29.2 Å². The summed E-state index contributed by atoms with van der Waals surface area (Å²) in [6.45, 7) is -2.67. The summed E-state index contributed by atoms with van der Waals surface area (Å²) >= 11 is 0. The lowest BCUT2D eigenvalue weighted by Crippen LogP contribution is -2.46. The first-order valence-electron chi connectivity index (χ1n) is 17.6. The van der Waals surface area contributed by atoms with Crippen LogP contribution < -0.4 is 37.7 Å². The number of nitrogens with one attached hydrogen (secondary N) is 3. The molecule has 2 fully saturated rings. The van der Waals surface area contributed by atoms with Crippen LogP contribution in [0.1, 0.15) is 12.5 Å². The van der Waals surface area contributed by atoms with Crippen LogP contribution in [0, 0.1) is 0 Å². The molecule has 5 aromatic heterocycles. The molecule has 346 valence electrons. The van der Waals surface area contributed by atoms with E-state index in [2.05, 4.69) is 53.5 Å². The third-order valence-corrected chi connectivity index (χ3v) is 14.9. The highest BCUT2D eigenvalue weighted by molar-refractivity contribution is 7.71. The zero-order chi connectivity index (χ0) is 46.0. The summed E-state index contributed by atoms with van der Waals surface area (Å²) < 4.78 is 84.2. The van der Waals surface area contributed by atoms with Crippen molar-refractivity contribution in [3.63, 3.8) is 0 Å². The number of nitrogen functional groups attached to an aromatic ring is 2. The van der Waals surface area contributed by atoms with E-state index in [1.165, 1.54) is 22.5 Å². The van der Waals surface area contributed by atoms with Gasteiger partial charge in [-0.3, -0.25) is 47.0 Å². The Morgan fingerprint density at radius 1 is 0.873 bits per heavy atom. The Kier molecular flexibility index (Phi) is 12.8. The number of anilines is 2. The van der Waals surface area contributed by atoms with Gasteiger partial charge in [-0.2, -0.15) is 9.29 Å². The van der Waals surface area contributed by atoms with Crippen molar-refractivity contribution in [2.75, 3.05) is 31.2 Å². The minimum Gasteiger partial charge on any atom is -0.387 e. The molecule has 34 nitrogen and oxygen atoms in total. The number of nitrogens with zero attached hydrogens (tertiary/aromatic N) is 9. The van der Waals surface area contributed by atoms with E-state index >= 15 is 0 Å². The second kappa shape index (κ2) is 17.3. The fourth-order valence-electron chi connectivity index (χ4n) is 6.35. The van der Waals surface area contributed by atoms with Crippen LogP contribution >= 0.6 is 31.0 Å². The van der Waals surface area contributed by atoms with Gasteiger partial charge in [-0.1, -0.05) is 10.2 Å². The van der Waals surface area contributed by atoms with E-state index in [0.29, 0.717) is 6.20 Å². The predicted octanol–water partition coefficient (Wildman–Crippen LogP) is -5.86. The Hall–Kier alpha value is -4.24. The first-order valence-corrected chi connectivity index (χ1v) is 23.7. The van der Waals surface area contributed by atoms with Crippen molar-refractivity contribution >= 4 is 70.6 Å². The summed E-state index contributed by atoms with van der Waals surface area (Å²) in [5, 5.41) is 51.3. The molecule has 0 saturated carbocycles. The van der Waals surface area contributed by atoms with Crippen LogP contribution in [0.15, 0.2) is 28.4 Å². The van der Waals surface area contributed by atoms with Crippen molar-refractivity contribution < 1.29 is 90.0 Å². The van der Waals surface area contributed by atoms with E-state index < -0.39 is 116 Å². The molecular formula is C25H37N14O20P4+. The molecule has 7 heterocycles. The Bertz CT molecular complexity index is 2850. The number of aliphatic hydroxyl groups is 4. The van der Waals surface area contributed by atoms with Gasteiger partial charge in [-0.15, -0.1) is 5.10 Å². The first-order chi connectivity index (χ1) is 29.3. The topological polar surface area (TPSA) is 498 Å². The standard InChI is InChI=1S/C25H36N14O20P4/c1-36-8-39(19-13(36)21(45)33-25(27)31-19)23-17(43)14(40)9(57-23)5-54-61(48,49)29-2-3-37-4-11(34-35-37)60(46,47)58-63(52,53)59-62(50,51)55-6-10-15(41)16(42)22(56-10)38-7-28-12-18(38)30-24(26)32-20(12)44/h4,7-10,14-17,22-23,40-43H,2-3,5-6H2,1H3,(H10-,26,27,29,30,31,32,33,44,45,46,47,48,49,50,51,52,53)/p+1/t9-,10-,14?,15?,16+,17+,22-,23-/m1/s1. The second-order valence-electron chi connectivity index (χ2n) is 13.6. The monoisotopic (exact) mass is 977 g/mol. The number of phosphoric acid groups is 2. The van der Waals surface area contributed by atoms with Crippen LogP contribution in [0.25, 0.3) is 22.3 Å². The normalized spacial score (nSPS) is 28.0. The molecule has 63 heavy (non-hydrogen) atoms. The number of rotatable bonds is 17. The molecule has 6 unspecified atom stereocenters. The molecule has 38 heteroatoms. The SMILES string of the molecule is Cn1c[n+]([C@@H]2O[C@H](COP(=O)(O)NCCn3cc(P(=O)(O)OP(=O)(O)OP(=O)(O)OC[C@H]4O[C@@H](n5cnc6c(=O)[nH]c(N)nc65)[C@@H](O)C4O)nn3)C(O)[C@@H]2O)c2nc(N)[nH]c(=O)c21. The lowest BCUT2D eigenvalue weighted by Gasteiger charge is -2.19. The molecule has 0 aromatic carbocycles. The van der Waals surface area contributed by atoms with Crippen LogP contribution in [-0.2, 0) is 59.0 Å². The van der Waals surface area contributed by atoms with Crippen LogP contribution in [0.2, 0.25) is 0 Å². The predicted molar refractivity (Wildman–Crippen MR) is 201 cm³/mol. The second-order valence-corrected chi connectivity index (χ2v) is 20.2. The average molecular weight is 978 g/mol. The molecule has 2 aliphatic heterocycles. The summed E-state index contributed by atoms with van der Waals surface area (Å²) in [7, 11) is -20.4. The molecule has 2 saturated heterocycles. The van der Waals surface area contributed by atoms with Gasteiger partial charge in [0.05, 0.1) is 39.3 Å². The van der Waals surface area contributed by atoms with E-state index in [-0.39, 0.29) is 40.8 Å². The summed E-state index contributed by atoms with van der Waals surface area (Å²) in [4.78, 5) is 81.6. The number of aliphatic hydroxyl groups excluding tert-OH is 4. The molecule has 0 radical (unpaired) electrons. The highest BCUT2D eigenvalue weighted by Gasteiger charge is 2.49. The maximum Gasteiger partial charge on any atom is 0.488 e. The number of fused-ring (bicyclic) bond motifs is 2. The number of H-pyrrole nitrogens is 2. The van der Waals surface area contributed by atoms with E-state index in [4.69, 9.17) is 25.5 Å². The minimum atomic E-state index is -5.99. The molecule has 0 aliphatic carbocycles. The average Bonchev–Trinajstić information content (AvgIpc) is 3.99. The number of aromatic nitrogens is 11. The number of aryl methyl sites for hydroxylation is 1. The van der Waals surface area contributed by atoms with E-state index in [1.807, 2.05) is 0 Å². The first kappa shape index (κ1) is 46.7. The highest BCUT2D eigenvalue weighted by Crippen LogP contribution is 2.67. The third-order valence-electron chi connectivity index (χ3n) is 9.17. The fraction of sp³-hybridized carbons (Fsp3) is 0.520. The third kappa shape index (κ3) is 9.89. The summed E-state index contributed by atoms with van der Waals surface area (Å²) in [5.41, 5.74) is 8.58. The maximum atomic E-state index is 12.8. The lowest BCUT2D eigenvalue weighted by molar-refractivity contribution is -0.745. The Morgan fingerprint density at radius 2 is 1.52 bits per heavy atom. The van der Waals surface area contributed by atoms with Gasteiger partial charge in [-0.25, -0.2) is 32.6 Å². The van der Waals surface area contributed by atoms with Crippen LogP contribution in [0.5, 0.6) is 0 Å². The number of ether oxygens (including phenoxy) is 2. The molecule has 15 N–H and O–H groups in total. The van der Waals surface area contributed by atoms with Crippen molar-refractivity contribution in [2.24, 2.45) is 7.05 Å². The number of imidazole rings is 2.